The zero-order valence-corrected chi connectivity index (χ0v) is 40.7. The predicted molar refractivity (Wildman–Crippen MR) is 276 cm³/mol. The molecule has 0 saturated carbocycles. The molecule has 0 aliphatic heterocycles. The number of nitro benzene ring substituents is 1. The van der Waals surface area contributed by atoms with E-state index >= 15 is 0 Å². The number of amides is 2. The van der Waals surface area contributed by atoms with Crippen molar-refractivity contribution in [3.05, 3.63) is 164 Å². The van der Waals surface area contributed by atoms with Crippen LogP contribution in [-0.2, 0) is 10.8 Å². The maximum Gasteiger partial charge on any atom is 0.409 e. The molecule has 9 rings (SSSR count). The minimum atomic E-state index is -0.978. The summed E-state index contributed by atoms with van der Waals surface area (Å²) in [7, 11) is 0. The van der Waals surface area contributed by atoms with Gasteiger partial charge in [0.05, 0.1) is 4.92 Å². The molecule has 25 heteroatoms. The van der Waals surface area contributed by atoms with Gasteiger partial charge < -0.3 is 51.2 Å². The van der Waals surface area contributed by atoms with Crippen molar-refractivity contribution in [1.29, 1.82) is 0 Å². The van der Waals surface area contributed by atoms with Gasteiger partial charge in [-0.15, -0.1) is 0 Å². The van der Waals surface area contributed by atoms with Gasteiger partial charge in [0.15, 0.2) is 33.8 Å². The zero-order valence-electron chi connectivity index (χ0n) is 39.9. The summed E-state index contributed by atoms with van der Waals surface area (Å²) in [4.78, 5) is 72.2. The molecule has 0 unspecified atom stereocenters. The summed E-state index contributed by atoms with van der Waals surface area (Å²) >= 11 is 4.92. The molecule has 3 aromatic carbocycles. The number of aromatic nitrogens is 8. The fourth-order valence-corrected chi connectivity index (χ4v) is 6.39. The molecule has 10 N–H and O–H groups in total. The summed E-state index contributed by atoms with van der Waals surface area (Å²) in [6.45, 7) is 12.1. The van der Waals surface area contributed by atoms with E-state index in [2.05, 4.69) is 45.6 Å². The second kappa shape index (κ2) is 22.4. The number of nitrogen functional groups attached to an aromatic ring is 4. The number of nitrogens with zero attached hydrogens (tertiary/aromatic N) is 9. The maximum atomic E-state index is 12.3. The molecule has 73 heavy (non-hydrogen) atoms. The van der Waals surface area contributed by atoms with Gasteiger partial charge in [0.25, 0.3) is 5.69 Å². The molecule has 0 atom stereocenters. The van der Waals surface area contributed by atoms with Crippen molar-refractivity contribution < 1.29 is 28.3 Å². The quantitative estimate of drug-likeness (QED) is 0.0396. The lowest BCUT2D eigenvalue weighted by Gasteiger charge is -2.12. The molecule has 2 amide bonds. The number of nitrogens with two attached hydrogens (primary N) is 4. The van der Waals surface area contributed by atoms with E-state index in [-0.39, 0.29) is 50.1 Å². The fourth-order valence-electron chi connectivity index (χ4n) is 6.30. The number of carbonyl (C=O) groups is 2. The van der Waals surface area contributed by atoms with Gasteiger partial charge in [0, 0.05) is 94.0 Å². The largest absolute Gasteiger partial charge is 0.414 e. The molecule has 6 heterocycles. The number of urea groups is 1. The number of rotatable bonds is 6. The van der Waals surface area contributed by atoms with E-state index in [1.807, 2.05) is 53.7 Å². The number of halogens is 1. The normalized spacial score (nSPS) is 10.9. The first-order valence-corrected chi connectivity index (χ1v) is 22.0. The Labute approximate surface area is 419 Å². The molecule has 0 aliphatic carbocycles. The Balaban J connectivity index is 0.000000175. The molecule has 24 nitrogen and oxygen atoms in total. The number of carbonyl (C=O) groups excluding carboxylic acids is 2. The highest BCUT2D eigenvalue weighted by Crippen LogP contribution is 2.26. The first-order chi connectivity index (χ1) is 34.5. The standard InChI is InChI=1S/C21H21N7O3.C13H11N5O.C7H4ClNO4.C7H12N2O/c1-21(2,3)15-10-16(27-31-15)26-20(30)25-12-4-6-13(7-5-12)28-9-8-14(29)17-18(22)23-11-24-19(17)28;14-8-1-3-9(4-2-8)18-6-5-10(19)11-12(15)16-7-17-13(11)18;8-7(10)13-6-3-1-5(2-4-6)9(11)12;1-7(2,3)5-4-6(8)9-10-5/h4-11H,1-3H3,(H2,22,23,24)(H2,25,26,27,30);1-7H,14H2,(H2,15,16,17);1-4H;4H,1-3H3,(H2,8,9). The van der Waals surface area contributed by atoms with Crippen LogP contribution in [0.3, 0.4) is 0 Å². The van der Waals surface area contributed by atoms with Gasteiger partial charge >= 0.3 is 11.5 Å². The molecule has 0 radical (unpaired) electrons. The third-order valence-corrected chi connectivity index (χ3v) is 10.1. The van der Waals surface area contributed by atoms with Gasteiger partial charge in [0.2, 0.25) is 0 Å². The summed E-state index contributed by atoms with van der Waals surface area (Å²) in [6.07, 6.45) is 5.92. The first kappa shape index (κ1) is 52.7. The van der Waals surface area contributed by atoms with Crippen molar-refractivity contribution in [1.82, 2.24) is 39.4 Å². The number of nitrogens with one attached hydrogen (secondary N) is 2. The Morgan fingerprint density at radius 1 is 0.658 bits per heavy atom. The monoisotopic (exact) mass is 1010 g/mol. The van der Waals surface area contributed by atoms with E-state index in [4.69, 9.17) is 43.6 Å². The van der Waals surface area contributed by atoms with E-state index in [1.165, 1.54) is 49.1 Å². The summed E-state index contributed by atoms with van der Waals surface area (Å²) < 4.78 is 18.2. The van der Waals surface area contributed by atoms with Crippen LogP contribution in [0.15, 0.2) is 141 Å². The molecular weight excluding hydrogens is 966 g/mol. The van der Waals surface area contributed by atoms with Gasteiger partial charge in [0.1, 0.15) is 52.3 Å². The summed E-state index contributed by atoms with van der Waals surface area (Å²) in [5.41, 5.74) is 24.6. The number of ether oxygens (including phenoxy) is 1. The molecule has 0 fully saturated rings. The van der Waals surface area contributed by atoms with E-state index in [0.29, 0.717) is 45.5 Å². The van der Waals surface area contributed by atoms with Crippen LogP contribution in [-0.4, -0.2) is 55.8 Å². The predicted octanol–water partition coefficient (Wildman–Crippen LogP) is 8.12. The molecule has 0 saturated heterocycles. The van der Waals surface area contributed by atoms with Crippen LogP contribution in [0.2, 0.25) is 0 Å². The average molecular weight is 1010 g/mol. The lowest BCUT2D eigenvalue weighted by Crippen LogP contribution is -2.19. The number of hydrogen-bond acceptors (Lipinski definition) is 19. The van der Waals surface area contributed by atoms with Crippen LogP contribution in [0.5, 0.6) is 5.75 Å². The minimum Gasteiger partial charge on any atom is -0.414 e. The molecule has 0 bridgehead atoms. The first-order valence-electron chi connectivity index (χ1n) is 21.6. The number of anilines is 6. The van der Waals surface area contributed by atoms with Gasteiger partial charge in [-0.3, -0.25) is 25.0 Å². The number of fused-ring (bicyclic) bond motifs is 2. The van der Waals surface area contributed by atoms with Gasteiger partial charge in [-0.1, -0.05) is 51.9 Å². The highest BCUT2D eigenvalue weighted by Gasteiger charge is 2.21. The number of pyridine rings is 2. The van der Waals surface area contributed by atoms with Crippen LogP contribution >= 0.6 is 11.6 Å². The van der Waals surface area contributed by atoms with E-state index in [9.17, 15) is 29.3 Å². The molecule has 9 aromatic rings. The maximum absolute atomic E-state index is 12.3. The summed E-state index contributed by atoms with van der Waals surface area (Å²) in [5.74, 6) is 2.75. The van der Waals surface area contributed by atoms with Crippen molar-refractivity contribution in [2.75, 3.05) is 33.6 Å². The lowest BCUT2D eigenvalue weighted by molar-refractivity contribution is -0.384. The zero-order chi connectivity index (χ0) is 53.2. The molecule has 376 valence electrons. The molecule has 0 aliphatic rings. The SMILES string of the molecule is CC(C)(C)c1cc(N)no1.CC(C)(C)c1cc(NC(=O)Nc2ccc(-n3ccc(=O)c4c(N)ncnc43)cc2)no1.Nc1ccc(-n2ccc(=O)c3c(N)ncnc32)cc1.O=C(Cl)Oc1ccc([N+](=O)[O-])cc1. The Morgan fingerprint density at radius 2 is 1.14 bits per heavy atom. The average Bonchev–Trinajstić information content (AvgIpc) is 4.01. The number of non-ortho nitro benzene ring substituents is 1. The second-order valence-corrected chi connectivity index (χ2v) is 17.8. The highest BCUT2D eigenvalue weighted by molar-refractivity contribution is 6.61. The molecule has 6 aromatic heterocycles. The van der Waals surface area contributed by atoms with Gasteiger partial charge in [-0.2, -0.15) is 0 Å². The van der Waals surface area contributed by atoms with E-state index in [1.54, 1.807) is 70.1 Å². The van der Waals surface area contributed by atoms with Crippen molar-refractivity contribution in [2.24, 2.45) is 0 Å². The van der Waals surface area contributed by atoms with E-state index < -0.39 is 16.4 Å². The minimum absolute atomic E-state index is 0.00458. The van der Waals surface area contributed by atoms with Crippen molar-refractivity contribution >= 4 is 85.5 Å². The Kier molecular flexibility index (Phi) is 16.1. The smallest absolute Gasteiger partial charge is 0.409 e. The van der Waals surface area contributed by atoms with Gasteiger partial charge in [-0.05, 0) is 60.7 Å². The van der Waals surface area contributed by atoms with Gasteiger partial charge in [-0.25, -0.2) is 29.5 Å². The third kappa shape index (κ3) is 13.8. The van der Waals surface area contributed by atoms with Crippen molar-refractivity contribution in [3.8, 4) is 17.1 Å². The Bertz CT molecular complexity index is 3530. The Hall–Kier alpha value is -9.71. The summed E-state index contributed by atoms with van der Waals surface area (Å²) in [5, 5.41) is 23.6. The van der Waals surface area contributed by atoms with E-state index in [0.717, 1.165) is 17.1 Å². The number of nitro groups is 1. The Morgan fingerprint density at radius 3 is 1.56 bits per heavy atom. The fraction of sp³-hybridized carbons (Fsp3) is 0.167. The summed E-state index contributed by atoms with van der Waals surface area (Å²) in [6, 6.07) is 25.1. The third-order valence-electron chi connectivity index (χ3n) is 9.99. The van der Waals surface area contributed by atoms with Crippen LogP contribution in [0.4, 0.5) is 49.9 Å². The van der Waals surface area contributed by atoms with Crippen LogP contribution in [0.25, 0.3) is 33.4 Å². The number of hydrogen-bond donors (Lipinski definition) is 6. The van der Waals surface area contributed by atoms with Crippen LogP contribution < -0.4 is 49.2 Å². The van der Waals surface area contributed by atoms with Crippen LogP contribution in [0.1, 0.15) is 53.1 Å². The number of benzene rings is 3. The van der Waals surface area contributed by atoms with Crippen molar-refractivity contribution in [2.45, 2.75) is 52.4 Å². The highest BCUT2D eigenvalue weighted by atomic mass is 35.5. The van der Waals surface area contributed by atoms with Crippen LogP contribution in [0, 0.1) is 10.1 Å². The topological polar surface area (TPSA) is 362 Å². The second-order valence-electron chi connectivity index (χ2n) is 17.5. The molecular formula is C48H48ClN15O9. The van der Waals surface area contributed by atoms with Crippen molar-refractivity contribution in [3.63, 3.8) is 0 Å². The molecule has 0 spiro atoms. The lowest BCUT2D eigenvalue weighted by atomic mass is 9.93.